The summed E-state index contributed by atoms with van der Waals surface area (Å²) in [7, 11) is -3.99. The number of hydrogen-bond acceptors (Lipinski definition) is 4. The largest absolute Gasteiger partial charge is 0.481 e. The van der Waals surface area contributed by atoms with Gasteiger partial charge in [-0.25, -0.2) is 17.8 Å². The molecule has 0 aliphatic carbocycles. The smallest absolute Gasteiger partial charge is 0.306 e. The van der Waals surface area contributed by atoms with Crippen LogP contribution in [0.25, 0.3) is 0 Å². The van der Waals surface area contributed by atoms with Crippen molar-refractivity contribution < 1.29 is 22.7 Å². The Labute approximate surface area is 109 Å². The van der Waals surface area contributed by atoms with Gasteiger partial charge in [-0.2, -0.15) is 4.31 Å². The summed E-state index contributed by atoms with van der Waals surface area (Å²) in [6.45, 7) is 0.130. The summed E-state index contributed by atoms with van der Waals surface area (Å²) >= 11 is 0. The summed E-state index contributed by atoms with van der Waals surface area (Å²) in [5, 5.41) is 8.24. The molecule has 1 N–H and O–H groups in total. The lowest BCUT2D eigenvalue weighted by Gasteiger charge is -2.28. The third-order valence-electron chi connectivity index (χ3n) is 3.11. The predicted molar refractivity (Wildman–Crippen MR) is 63.3 cm³/mol. The average molecular weight is 288 g/mol. The standard InChI is InChI=1S/C11H13FN2O4S/c12-9-2-1-5-13-10(9)19(17,18)14-6-3-8(4-7-14)11(15)16/h1-2,5,8H,3-4,6-7H2,(H,15,16). The molecule has 0 unspecified atom stereocenters. The van der Waals surface area contributed by atoms with E-state index in [4.69, 9.17) is 5.11 Å². The molecular formula is C11H13FN2O4S. The first-order valence-corrected chi connectivity index (χ1v) is 7.20. The molecule has 19 heavy (non-hydrogen) atoms. The molecule has 0 spiro atoms. The number of hydrogen-bond donors (Lipinski definition) is 1. The highest BCUT2D eigenvalue weighted by atomic mass is 32.2. The first kappa shape index (κ1) is 13.9. The number of carboxylic acids is 1. The Morgan fingerprint density at radius 1 is 1.42 bits per heavy atom. The van der Waals surface area contributed by atoms with Crippen LogP contribution >= 0.6 is 0 Å². The first-order chi connectivity index (χ1) is 8.93. The van der Waals surface area contributed by atoms with Gasteiger partial charge in [0.05, 0.1) is 5.92 Å². The highest BCUT2D eigenvalue weighted by Crippen LogP contribution is 2.24. The number of carbonyl (C=O) groups is 1. The minimum atomic E-state index is -3.99. The van der Waals surface area contributed by atoms with Crippen LogP contribution in [0.15, 0.2) is 23.4 Å². The fourth-order valence-electron chi connectivity index (χ4n) is 2.03. The molecule has 1 saturated heterocycles. The van der Waals surface area contributed by atoms with Gasteiger partial charge in [-0.1, -0.05) is 0 Å². The molecule has 1 aromatic rings. The van der Waals surface area contributed by atoms with E-state index in [0.717, 1.165) is 10.4 Å². The Morgan fingerprint density at radius 2 is 2.05 bits per heavy atom. The van der Waals surface area contributed by atoms with Crippen molar-refractivity contribution in [1.82, 2.24) is 9.29 Å². The number of piperidine rings is 1. The number of aromatic nitrogens is 1. The molecule has 0 bridgehead atoms. The van der Waals surface area contributed by atoms with Gasteiger partial charge in [0.2, 0.25) is 5.03 Å². The molecule has 0 amide bonds. The Hall–Kier alpha value is -1.54. The van der Waals surface area contributed by atoms with Gasteiger partial charge in [-0.3, -0.25) is 4.79 Å². The molecule has 2 rings (SSSR count). The minimum absolute atomic E-state index is 0.0648. The zero-order valence-corrected chi connectivity index (χ0v) is 10.8. The number of rotatable bonds is 3. The van der Waals surface area contributed by atoms with E-state index in [1.165, 1.54) is 12.3 Å². The molecule has 0 saturated carbocycles. The quantitative estimate of drug-likeness (QED) is 0.885. The van der Waals surface area contributed by atoms with Gasteiger partial charge in [0.15, 0.2) is 5.82 Å². The van der Waals surface area contributed by atoms with E-state index in [0.29, 0.717) is 0 Å². The van der Waals surface area contributed by atoms with Gasteiger partial charge < -0.3 is 5.11 Å². The van der Waals surface area contributed by atoms with Crippen LogP contribution < -0.4 is 0 Å². The molecule has 0 atom stereocenters. The van der Waals surface area contributed by atoms with E-state index in [-0.39, 0.29) is 25.9 Å². The normalized spacial score (nSPS) is 18.4. The van der Waals surface area contributed by atoms with Crippen LogP contribution in [0.1, 0.15) is 12.8 Å². The fourth-order valence-corrected chi connectivity index (χ4v) is 3.47. The molecule has 0 radical (unpaired) electrons. The zero-order chi connectivity index (χ0) is 14.0. The molecule has 1 fully saturated rings. The Morgan fingerprint density at radius 3 is 2.58 bits per heavy atom. The van der Waals surface area contributed by atoms with Crippen LogP contribution in [-0.2, 0) is 14.8 Å². The van der Waals surface area contributed by atoms with E-state index in [1.807, 2.05) is 0 Å². The highest BCUT2D eigenvalue weighted by molar-refractivity contribution is 7.89. The SMILES string of the molecule is O=C(O)C1CCN(S(=O)(=O)c2ncccc2F)CC1. The number of halogens is 1. The maximum absolute atomic E-state index is 13.5. The second-order valence-electron chi connectivity index (χ2n) is 4.31. The molecule has 1 aromatic heterocycles. The van der Waals surface area contributed by atoms with Crippen LogP contribution in [0.5, 0.6) is 0 Å². The number of pyridine rings is 1. The number of sulfonamides is 1. The third-order valence-corrected chi connectivity index (χ3v) is 4.95. The number of nitrogens with zero attached hydrogens (tertiary/aromatic N) is 2. The fraction of sp³-hybridized carbons (Fsp3) is 0.455. The Bertz CT molecular complexity index is 582. The van der Waals surface area contributed by atoms with E-state index >= 15 is 0 Å². The molecule has 0 aromatic carbocycles. The predicted octanol–water partition coefficient (Wildman–Crippen LogP) is 0.706. The van der Waals surface area contributed by atoms with Crippen LogP contribution in [0.4, 0.5) is 4.39 Å². The van der Waals surface area contributed by atoms with Crippen molar-refractivity contribution in [3.63, 3.8) is 0 Å². The molecule has 1 aliphatic heterocycles. The number of carboxylic acid groups (broad SMARTS) is 1. The van der Waals surface area contributed by atoms with E-state index in [9.17, 15) is 17.6 Å². The van der Waals surface area contributed by atoms with E-state index in [2.05, 4.69) is 4.98 Å². The minimum Gasteiger partial charge on any atom is -0.481 e. The van der Waals surface area contributed by atoms with Crippen molar-refractivity contribution >= 4 is 16.0 Å². The van der Waals surface area contributed by atoms with Gasteiger partial charge in [0.25, 0.3) is 10.0 Å². The molecule has 8 heteroatoms. The van der Waals surface area contributed by atoms with Crippen molar-refractivity contribution in [3.05, 3.63) is 24.1 Å². The summed E-state index contributed by atoms with van der Waals surface area (Å²) in [6.07, 6.45) is 1.66. The summed E-state index contributed by atoms with van der Waals surface area (Å²) in [5.41, 5.74) is 0. The third kappa shape index (κ3) is 2.74. The molecule has 2 heterocycles. The maximum atomic E-state index is 13.5. The Balaban J connectivity index is 2.19. The van der Waals surface area contributed by atoms with Crippen LogP contribution in [-0.4, -0.2) is 41.9 Å². The average Bonchev–Trinajstić information content (AvgIpc) is 2.39. The molecule has 104 valence electrons. The topological polar surface area (TPSA) is 87.6 Å². The zero-order valence-electron chi connectivity index (χ0n) is 9.99. The number of aliphatic carboxylic acids is 1. The summed E-state index contributed by atoms with van der Waals surface area (Å²) in [4.78, 5) is 14.4. The lowest BCUT2D eigenvalue weighted by Crippen LogP contribution is -2.40. The maximum Gasteiger partial charge on any atom is 0.306 e. The second kappa shape index (κ2) is 5.22. The van der Waals surface area contributed by atoms with E-state index < -0.39 is 32.8 Å². The van der Waals surface area contributed by atoms with Crippen LogP contribution in [0.2, 0.25) is 0 Å². The summed E-state index contributed by atoms with van der Waals surface area (Å²) in [6, 6.07) is 2.34. The van der Waals surface area contributed by atoms with E-state index in [1.54, 1.807) is 0 Å². The van der Waals surface area contributed by atoms with Crippen LogP contribution in [0.3, 0.4) is 0 Å². The lowest BCUT2D eigenvalue weighted by atomic mass is 9.99. The lowest BCUT2D eigenvalue weighted by molar-refractivity contribution is -0.142. The molecule has 1 aliphatic rings. The Kier molecular flexibility index (Phi) is 3.81. The van der Waals surface area contributed by atoms with Gasteiger partial charge in [-0.05, 0) is 25.0 Å². The molecule has 6 nitrogen and oxygen atoms in total. The van der Waals surface area contributed by atoms with Crippen molar-refractivity contribution in [3.8, 4) is 0 Å². The van der Waals surface area contributed by atoms with Crippen molar-refractivity contribution in [2.75, 3.05) is 13.1 Å². The van der Waals surface area contributed by atoms with Gasteiger partial charge in [0.1, 0.15) is 0 Å². The molecular weight excluding hydrogens is 275 g/mol. The van der Waals surface area contributed by atoms with Gasteiger partial charge >= 0.3 is 5.97 Å². The van der Waals surface area contributed by atoms with Crippen LogP contribution in [0, 0.1) is 11.7 Å². The summed E-state index contributed by atoms with van der Waals surface area (Å²) in [5.74, 6) is -2.37. The van der Waals surface area contributed by atoms with Gasteiger partial charge in [0, 0.05) is 19.3 Å². The highest BCUT2D eigenvalue weighted by Gasteiger charge is 2.34. The monoisotopic (exact) mass is 288 g/mol. The van der Waals surface area contributed by atoms with Gasteiger partial charge in [-0.15, -0.1) is 0 Å². The van der Waals surface area contributed by atoms with Crippen molar-refractivity contribution in [1.29, 1.82) is 0 Å². The van der Waals surface area contributed by atoms with Crippen molar-refractivity contribution in [2.45, 2.75) is 17.9 Å². The second-order valence-corrected chi connectivity index (χ2v) is 6.16. The summed E-state index contributed by atoms with van der Waals surface area (Å²) < 4.78 is 38.9. The first-order valence-electron chi connectivity index (χ1n) is 5.76. The van der Waals surface area contributed by atoms with Crippen molar-refractivity contribution in [2.24, 2.45) is 5.92 Å².